The smallest absolute Gasteiger partial charge is 0.205 e. The molecule has 4 heteroatoms. The topological polar surface area (TPSA) is 18.5 Å². The summed E-state index contributed by atoms with van der Waals surface area (Å²) in [5.41, 5.74) is 3.28. The largest absolute Gasteiger partial charge is 0.463 e. The van der Waals surface area contributed by atoms with E-state index >= 15 is 0 Å². The highest BCUT2D eigenvalue weighted by atomic mass is 79.9. The van der Waals surface area contributed by atoms with Crippen LogP contribution in [0, 0.1) is 6.92 Å². The molecule has 1 aliphatic rings. The van der Waals surface area contributed by atoms with Crippen molar-refractivity contribution in [2.24, 2.45) is 0 Å². The summed E-state index contributed by atoms with van der Waals surface area (Å²) in [6.07, 6.45) is 1.55. The zero-order valence-electron chi connectivity index (χ0n) is 13.3. The fraction of sp³-hybridized carbons (Fsp3) is 0.263. The standard InChI is InChI=1S/C19H18BrFO2/c1-12-13(5-4-6-16(12)20)9-17(21)14-7-8-15-11-22-19(2,3)23-18(15)10-14/h4-10H,11H2,1-3H3/b17-9-. The molecule has 0 N–H and O–H groups in total. The second-order valence-electron chi connectivity index (χ2n) is 6.06. The van der Waals surface area contributed by atoms with Crippen LogP contribution in [0.5, 0.6) is 5.75 Å². The monoisotopic (exact) mass is 376 g/mol. The van der Waals surface area contributed by atoms with E-state index in [0.717, 1.165) is 21.2 Å². The molecule has 2 nitrogen and oxygen atoms in total. The van der Waals surface area contributed by atoms with Gasteiger partial charge in [-0.3, -0.25) is 0 Å². The minimum atomic E-state index is -0.688. The number of hydrogen-bond acceptors (Lipinski definition) is 2. The Hall–Kier alpha value is -1.65. The third kappa shape index (κ3) is 3.48. The highest BCUT2D eigenvalue weighted by Crippen LogP contribution is 2.34. The third-order valence-corrected chi connectivity index (χ3v) is 4.72. The van der Waals surface area contributed by atoms with Gasteiger partial charge < -0.3 is 9.47 Å². The predicted octanol–water partition coefficient (Wildman–Crippen LogP) is 5.87. The second-order valence-corrected chi connectivity index (χ2v) is 6.91. The van der Waals surface area contributed by atoms with Crippen LogP contribution in [0.4, 0.5) is 4.39 Å². The summed E-state index contributed by atoms with van der Waals surface area (Å²) < 4.78 is 27.0. The zero-order chi connectivity index (χ0) is 16.6. The van der Waals surface area contributed by atoms with Gasteiger partial charge in [0.2, 0.25) is 5.79 Å². The quantitative estimate of drug-likeness (QED) is 0.610. The van der Waals surface area contributed by atoms with E-state index in [1.54, 1.807) is 18.2 Å². The molecule has 0 aromatic heterocycles. The molecule has 120 valence electrons. The molecule has 0 radical (unpaired) electrons. The zero-order valence-corrected chi connectivity index (χ0v) is 14.9. The fourth-order valence-corrected chi connectivity index (χ4v) is 2.85. The highest BCUT2D eigenvalue weighted by Gasteiger charge is 2.27. The first-order chi connectivity index (χ1) is 10.9. The van der Waals surface area contributed by atoms with Crippen molar-refractivity contribution in [2.45, 2.75) is 33.2 Å². The van der Waals surface area contributed by atoms with Crippen LogP contribution in [-0.2, 0) is 11.3 Å². The van der Waals surface area contributed by atoms with Crippen molar-refractivity contribution < 1.29 is 13.9 Å². The molecule has 2 aromatic rings. The number of fused-ring (bicyclic) bond motifs is 1. The molecule has 23 heavy (non-hydrogen) atoms. The summed E-state index contributed by atoms with van der Waals surface area (Å²) in [5, 5.41) is 0. The molecule has 0 spiro atoms. The Kier molecular flexibility index (Phi) is 4.30. The van der Waals surface area contributed by atoms with Gasteiger partial charge in [-0.05, 0) is 36.3 Å². The molecule has 1 aliphatic heterocycles. The Morgan fingerprint density at radius 3 is 2.83 bits per heavy atom. The Labute approximate surface area is 144 Å². The van der Waals surface area contributed by atoms with Gasteiger partial charge in [0.1, 0.15) is 11.6 Å². The van der Waals surface area contributed by atoms with Crippen molar-refractivity contribution in [3.63, 3.8) is 0 Å². The maximum Gasteiger partial charge on any atom is 0.205 e. The van der Waals surface area contributed by atoms with Crippen LogP contribution in [0.2, 0.25) is 0 Å². The van der Waals surface area contributed by atoms with Gasteiger partial charge >= 0.3 is 0 Å². The van der Waals surface area contributed by atoms with Crippen molar-refractivity contribution in [1.82, 2.24) is 0 Å². The number of ether oxygens (including phenoxy) is 2. The van der Waals surface area contributed by atoms with Gasteiger partial charge in [-0.2, -0.15) is 0 Å². The van der Waals surface area contributed by atoms with E-state index in [-0.39, 0.29) is 5.83 Å². The summed E-state index contributed by atoms with van der Waals surface area (Å²) in [7, 11) is 0. The normalized spacial score (nSPS) is 16.7. The van der Waals surface area contributed by atoms with Gasteiger partial charge in [-0.25, -0.2) is 4.39 Å². The first-order valence-electron chi connectivity index (χ1n) is 7.44. The van der Waals surface area contributed by atoms with Crippen LogP contribution in [0.25, 0.3) is 11.9 Å². The van der Waals surface area contributed by atoms with Crippen molar-refractivity contribution in [1.29, 1.82) is 0 Å². The molecule has 0 saturated heterocycles. The van der Waals surface area contributed by atoms with E-state index in [2.05, 4.69) is 15.9 Å². The van der Waals surface area contributed by atoms with Crippen LogP contribution >= 0.6 is 15.9 Å². The summed E-state index contributed by atoms with van der Waals surface area (Å²) in [6.45, 7) is 6.12. The highest BCUT2D eigenvalue weighted by molar-refractivity contribution is 9.10. The molecular weight excluding hydrogens is 359 g/mol. The molecular formula is C19H18BrFO2. The molecule has 3 rings (SSSR count). The van der Waals surface area contributed by atoms with E-state index in [1.807, 2.05) is 45.0 Å². The van der Waals surface area contributed by atoms with Gasteiger partial charge in [0.25, 0.3) is 0 Å². The van der Waals surface area contributed by atoms with Gasteiger partial charge in [-0.1, -0.05) is 40.2 Å². The number of benzene rings is 2. The Bertz CT molecular complexity index is 781. The molecule has 1 heterocycles. The van der Waals surface area contributed by atoms with Crippen LogP contribution < -0.4 is 4.74 Å². The van der Waals surface area contributed by atoms with Crippen LogP contribution in [0.15, 0.2) is 40.9 Å². The maximum absolute atomic E-state index is 14.7. The SMILES string of the molecule is Cc1c(Br)cccc1/C=C(\F)c1ccc2c(c1)OC(C)(C)OC2. The summed E-state index contributed by atoms with van der Waals surface area (Å²) >= 11 is 3.47. The fourth-order valence-electron chi connectivity index (χ4n) is 2.46. The first-order valence-corrected chi connectivity index (χ1v) is 8.23. The first kappa shape index (κ1) is 16.2. The van der Waals surface area contributed by atoms with Gasteiger partial charge in [0.15, 0.2) is 0 Å². The lowest BCUT2D eigenvalue weighted by atomic mass is 10.0. The summed E-state index contributed by atoms with van der Waals surface area (Å²) in [6, 6.07) is 11.1. The second kappa shape index (κ2) is 6.10. The molecule has 0 unspecified atom stereocenters. The minimum absolute atomic E-state index is 0.290. The molecule has 0 bridgehead atoms. The lowest BCUT2D eigenvalue weighted by Crippen LogP contribution is -2.35. The summed E-state index contributed by atoms with van der Waals surface area (Å²) in [5.74, 6) is -0.303. The average Bonchev–Trinajstić information content (AvgIpc) is 2.50. The number of rotatable bonds is 2. The molecule has 0 fully saturated rings. The van der Waals surface area contributed by atoms with Crippen molar-refractivity contribution in [2.75, 3.05) is 0 Å². The van der Waals surface area contributed by atoms with Crippen LogP contribution in [-0.4, -0.2) is 5.79 Å². The predicted molar refractivity (Wildman–Crippen MR) is 93.8 cm³/mol. The number of halogens is 2. The average molecular weight is 377 g/mol. The third-order valence-electron chi connectivity index (χ3n) is 3.87. The lowest BCUT2D eigenvalue weighted by Gasteiger charge is -2.32. The van der Waals surface area contributed by atoms with Crippen LogP contribution in [0.3, 0.4) is 0 Å². The molecule has 0 amide bonds. The Morgan fingerprint density at radius 1 is 1.26 bits per heavy atom. The van der Waals surface area contributed by atoms with E-state index in [1.165, 1.54) is 0 Å². The van der Waals surface area contributed by atoms with Gasteiger partial charge in [0, 0.05) is 29.4 Å². The van der Waals surface area contributed by atoms with E-state index in [9.17, 15) is 4.39 Å². The Morgan fingerprint density at radius 2 is 2.04 bits per heavy atom. The van der Waals surface area contributed by atoms with Crippen LogP contribution in [0.1, 0.15) is 36.1 Å². The number of hydrogen-bond donors (Lipinski definition) is 0. The molecule has 0 atom stereocenters. The van der Waals surface area contributed by atoms with Crippen molar-refractivity contribution >= 4 is 27.8 Å². The van der Waals surface area contributed by atoms with E-state index < -0.39 is 5.79 Å². The Balaban J connectivity index is 1.96. The van der Waals surface area contributed by atoms with E-state index in [4.69, 9.17) is 9.47 Å². The lowest BCUT2D eigenvalue weighted by molar-refractivity contribution is -0.180. The molecule has 0 saturated carbocycles. The minimum Gasteiger partial charge on any atom is -0.463 e. The van der Waals surface area contributed by atoms with Crippen molar-refractivity contribution in [3.8, 4) is 5.75 Å². The molecule has 0 aliphatic carbocycles. The maximum atomic E-state index is 14.7. The van der Waals surface area contributed by atoms with E-state index in [0.29, 0.717) is 17.9 Å². The van der Waals surface area contributed by atoms with Crippen molar-refractivity contribution in [3.05, 3.63) is 63.1 Å². The van der Waals surface area contributed by atoms with Gasteiger partial charge in [0.05, 0.1) is 6.61 Å². The van der Waals surface area contributed by atoms with Gasteiger partial charge in [-0.15, -0.1) is 0 Å². The molecule has 2 aromatic carbocycles. The summed E-state index contributed by atoms with van der Waals surface area (Å²) in [4.78, 5) is 0.